The molecule has 4 rings (SSSR count). The van der Waals surface area contributed by atoms with Crippen LogP contribution in [0.15, 0.2) is 48.5 Å². The number of hydrogen-bond acceptors (Lipinski definition) is 5. The molecule has 2 aromatic carbocycles. The zero-order valence-electron chi connectivity index (χ0n) is 17.9. The third-order valence-electron chi connectivity index (χ3n) is 6.39. The van der Waals surface area contributed by atoms with Crippen molar-refractivity contribution in [2.45, 2.75) is 52.0 Å². The van der Waals surface area contributed by atoms with Crippen LogP contribution >= 0.6 is 7.37 Å². The molecule has 5 atom stereocenters. The van der Waals surface area contributed by atoms with Crippen molar-refractivity contribution in [2.75, 3.05) is 6.79 Å². The Labute approximate surface area is 178 Å². The molecule has 1 fully saturated rings. The Morgan fingerprint density at radius 2 is 1.80 bits per heavy atom. The van der Waals surface area contributed by atoms with Crippen molar-refractivity contribution in [3.8, 4) is 11.5 Å². The lowest BCUT2D eigenvalue weighted by Crippen LogP contribution is -2.35. The number of aliphatic hydroxyl groups is 1. The van der Waals surface area contributed by atoms with Crippen molar-refractivity contribution in [1.82, 2.24) is 0 Å². The molecule has 1 N–H and O–H groups in total. The highest BCUT2D eigenvalue weighted by Crippen LogP contribution is 2.60. The average molecular weight is 430 g/mol. The van der Waals surface area contributed by atoms with Crippen molar-refractivity contribution in [3.05, 3.63) is 54.1 Å². The first-order valence-electron chi connectivity index (χ1n) is 10.8. The van der Waals surface area contributed by atoms with E-state index in [1.807, 2.05) is 18.2 Å². The summed E-state index contributed by atoms with van der Waals surface area (Å²) in [5.74, 6) is 1.16. The molecule has 1 saturated carbocycles. The van der Waals surface area contributed by atoms with E-state index in [0.717, 1.165) is 19.3 Å². The molecule has 2 aromatic rings. The number of benzene rings is 2. The van der Waals surface area contributed by atoms with Crippen LogP contribution in [0.2, 0.25) is 0 Å². The second-order valence-electron chi connectivity index (χ2n) is 8.89. The number of fused-ring (bicyclic) bond motifs is 1. The molecule has 0 spiro atoms. The van der Waals surface area contributed by atoms with E-state index >= 15 is 0 Å². The molecule has 0 saturated heterocycles. The minimum atomic E-state index is -3.62. The lowest BCUT2D eigenvalue weighted by Gasteiger charge is -2.39. The molecule has 0 aromatic heterocycles. The molecule has 1 heterocycles. The molecule has 0 amide bonds. The maximum Gasteiger partial charge on any atom is 0.264 e. The summed E-state index contributed by atoms with van der Waals surface area (Å²) in [6.07, 6.45) is 2.91. The number of rotatable bonds is 6. The predicted molar refractivity (Wildman–Crippen MR) is 117 cm³/mol. The van der Waals surface area contributed by atoms with Gasteiger partial charge in [0.25, 0.3) is 7.37 Å². The van der Waals surface area contributed by atoms with Crippen LogP contribution in [0.3, 0.4) is 0 Å². The zero-order chi connectivity index (χ0) is 21.3. The summed E-state index contributed by atoms with van der Waals surface area (Å²) >= 11 is 0. The fourth-order valence-corrected chi connectivity index (χ4v) is 6.91. The summed E-state index contributed by atoms with van der Waals surface area (Å²) in [7, 11) is -3.62. The van der Waals surface area contributed by atoms with Gasteiger partial charge in [0.2, 0.25) is 6.79 Å². The summed E-state index contributed by atoms with van der Waals surface area (Å²) in [4.78, 5) is 0. The van der Waals surface area contributed by atoms with Crippen molar-refractivity contribution in [1.29, 1.82) is 0 Å². The van der Waals surface area contributed by atoms with Gasteiger partial charge in [0.1, 0.15) is 0 Å². The van der Waals surface area contributed by atoms with Crippen LogP contribution in [-0.2, 0) is 9.09 Å². The first kappa shape index (κ1) is 21.4. The maximum absolute atomic E-state index is 14.4. The van der Waals surface area contributed by atoms with Gasteiger partial charge in [0.05, 0.1) is 6.10 Å². The van der Waals surface area contributed by atoms with Gasteiger partial charge in [-0.3, -0.25) is 4.57 Å². The Hall–Kier alpha value is -1.81. The van der Waals surface area contributed by atoms with Gasteiger partial charge in [0, 0.05) is 5.30 Å². The molecule has 2 aliphatic rings. The Balaban J connectivity index is 1.71. The fourth-order valence-electron chi connectivity index (χ4n) is 4.60. The van der Waals surface area contributed by atoms with E-state index in [4.69, 9.17) is 14.0 Å². The Morgan fingerprint density at radius 1 is 1.07 bits per heavy atom. The summed E-state index contributed by atoms with van der Waals surface area (Å²) in [5.41, 5.74) is 0.511. The van der Waals surface area contributed by atoms with E-state index in [0.29, 0.717) is 40.1 Å². The number of aliphatic hydroxyl groups excluding tert-OH is 1. The molecule has 162 valence electrons. The third kappa shape index (κ3) is 4.16. The van der Waals surface area contributed by atoms with Crippen molar-refractivity contribution >= 4 is 12.7 Å². The van der Waals surface area contributed by atoms with E-state index in [1.54, 1.807) is 30.3 Å². The summed E-state index contributed by atoms with van der Waals surface area (Å²) < 4.78 is 31.7. The monoisotopic (exact) mass is 430 g/mol. The first-order valence-corrected chi connectivity index (χ1v) is 12.5. The van der Waals surface area contributed by atoms with Gasteiger partial charge in [-0.05, 0) is 60.4 Å². The van der Waals surface area contributed by atoms with Crippen LogP contribution in [0.5, 0.6) is 11.5 Å². The molecule has 5 nitrogen and oxygen atoms in total. The number of hydrogen-bond donors (Lipinski definition) is 1. The minimum absolute atomic E-state index is 0.150. The van der Waals surface area contributed by atoms with Crippen LogP contribution in [0.1, 0.15) is 51.4 Å². The predicted octanol–water partition coefficient (Wildman–Crippen LogP) is 5.49. The summed E-state index contributed by atoms with van der Waals surface area (Å²) in [5, 5.41) is 11.9. The average Bonchev–Trinajstić information content (AvgIpc) is 3.21. The van der Waals surface area contributed by atoms with Crippen LogP contribution < -0.4 is 14.8 Å². The van der Waals surface area contributed by atoms with E-state index in [9.17, 15) is 9.67 Å². The van der Waals surface area contributed by atoms with E-state index in [2.05, 4.69) is 20.8 Å². The Morgan fingerprint density at radius 3 is 2.53 bits per heavy atom. The molecule has 0 radical (unpaired) electrons. The second-order valence-corrected chi connectivity index (χ2v) is 11.3. The highest BCUT2D eigenvalue weighted by atomic mass is 31.2. The van der Waals surface area contributed by atoms with Crippen LogP contribution in [-0.4, -0.2) is 18.0 Å². The van der Waals surface area contributed by atoms with Gasteiger partial charge in [0.15, 0.2) is 17.3 Å². The first-order chi connectivity index (χ1) is 14.4. The molecular weight excluding hydrogens is 399 g/mol. The van der Waals surface area contributed by atoms with Crippen molar-refractivity contribution < 1.29 is 23.7 Å². The topological polar surface area (TPSA) is 65.0 Å². The molecule has 1 aliphatic carbocycles. The fraction of sp³-hybridized carbons (Fsp3) is 0.500. The molecule has 1 aliphatic heterocycles. The molecule has 30 heavy (non-hydrogen) atoms. The van der Waals surface area contributed by atoms with Gasteiger partial charge in [-0.2, -0.15) is 0 Å². The summed E-state index contributed by atoms with van der Waals surface area (Å²) in [6.45, 7) is 6.75. The van der Waals surface area contributed by atoms with E-state index < -0.39 is 13.2 Å². The second kappa shape index (κ2) is 8.74. The van der Waals surface area contributed by atoms with Crippen molar-refractivity contribution in [2.24, 2.45) is 17.8 Å². The third-order valence-corrected chi connectivity index (χ3v) is 8.93. The quantitative estimate of drug-likeness (QED) is 0.614. The smallest absolute Gasteiger partial charge is 0.264 e. The molecule has 6 heteroatoms. The SMILES string of the molecule is CC(C)[C@H]1CC[C@@H](C)C[C@@H]1O[P@@](=O)(c1ccccc1)[C@@H](O)c1ccc2c(c1)OCO2. The maximum atomic E-state index is 14.4. The van der Waals surface area contributed by atoms with Crippen LogP contribution in [0.25, 0.3) is 0 Å². The van der Waals surface area contributed by atoms with Gasteiger partial charge < -0.3 is 19.1 Å². The van der Waals surface area contributed by atoms with Crippen molar-refractivity contribution in [3.63, 3.8) is 0 Å². The van der Waals surface area contributed by atoms with Gasteiger partial charge in [-0.25, -0.2) is 0 Å². The van der Waals surface area contributed by atoms with E-state index in [1.165, 1.54) is 0 Å². The van der Waals surface area contributed by atoms with Gasteiger partial charge in [-0.1, -0.05) is 51.5 Å². The molecule has 0 bridgehead atoms. The zero-order valence-corrected chi connectivity index (χ0v) is 18.8. The van der Waals surface area contributed by atoms with Crippen LogP contribution in [0, 0.1) is 17.8 Å². The normalized spacial score (nSPS) is 26.4. The Bertz CT molecular complexity index is 913. The lowest BCUT2D eigenvalue weighted by atomic mass is 9.75. The van der Waals surface area contributed by atoms with Crippen LogP contribution in [0.4, 0.5) is 0 Å². The highest BCUT2D eigenvalue weighted by Gasteiger charge is 2.43. The van der Waals surface area contributed by atoms with Gasteiger partial charge in [-0.15, -0.1) is 0 Å². The Kier molecular flexibility index (Phi) is 6.24. The molecule has 0 unspecified atom stereocenters. The number of ether oxygens (including phenoxy) is 2. The largest absolute Gasteiger partial charge is 0.454 e. The standard InChI is InChI=1S/C24H31O5P/c1-16(2)20-11-9-17(3)13-22(20)29-30(26,19-7-5-4-6-8-19)24(25)18-10-12-21-23(14-18)28-15-27-21/h4-8,10,12,14,16-17,20,22,24-25H,9,11,13,15H2,1-3H3/t17-,20-,22+,24-,30+/m1/s1. The summed E-state index contributed by atoms with van der Waals surface area (Å²) in [6, 6.07) is 14.3. The van der Waals surface area contributed by atoms with Gasteiger partial charge >= 0.3 is 0 Å². The minimum Gasteiger partial charge on any atom is -0.454 e. The molecular formula is C24H31O5P. The highest BCUT2D eigenvalue weighted by molar-refractivity contribution is 7.67. The van der Waals surface area contributed by atoms with E-state index in [-0.39, 0.29) is 12.9 Å². The lowest BCUT2D eigenvalue weighted by molar-refractivity contribution is 0.0427.